The second kappa shape index (κ2) is 20.4. The van der Waals surface area contributed by atoms with Crippen molar-refractivity contribution < 1.29 is 9.53 Å². The van der Waals surface area contributed by atoms with Gasteiger partial charge in [-0.25, -0.2) is 19.5 Å². The Hall–Kier alpha value is -4.87. The summed E-state index contributed by atoms with van der Waals surface area (Å²) < 4.78 is 7.94. The monoisotopic (exact) mass is 656 g/mol. The number of carbonyl (C=O) groups excluding carboxylic acids is 1. The van der Waals surface area contributed by atoms with Crippen molar-refractivity contribution in [2.75, 3.05) is 32.8 Å². The third kappa shape index (κ3) is 12.1. The summed E-state index contributed by atoms with van der Waals surface area (Å²) in [4.78, 5) is 24.4. The molecule has 1 unspecified atom stereocenters. The normalized spacial score (nSPS) is 16.7. The Morgan fingerprint density at radius 3 is 2.60 bits per heavy atom. The minimum Gasteiger partial charge on any atom is -0.493 e. The summed E-state index contributed by atoms with van der Waals surface area (Å²) in [6, 6.07) is 16.7. The lowest BCUT2D eigenvalue weighted by molar-refractivity contribution is 0.200. The maximum Gasteiger partial charge on any atom is 0.324 e. The van der Waals surface area contributed by atoms with Gasteiger partial charge in [-0.3, -0.25) is 5.32 Å². The number of nitrogens with zero attached hydrogens (tertiary/aromatic N) is 6. The Morgan fingerprint density at radius 1 is 1.02 bits per heavy atom. The first kappa shape index (κ1) is 36.0. The fourth-order valence-corrected chi connectivity index (χ4v) is 5.52. The largest absolute Gasteiger partial charge is 0.493 e. The lowest BCUT2D eigenvalue weighted by atomic mass is 10.0. The summed E-state index contributed by atoms with van der Waals surface area (Å²) in [5, 5.41) is 14.8. The van der Waals surface area contributed by atoms with Crippen LogP contribution >= 0.6 is 0 Å². The van der Waals surface area contributed by atoms with Gasteiger partial charge < -0.3 is 26.4 Å². The average molecular weight is 657 g/mol. The number of hydrogen-bond acceptors (Lipinski definition) is 7. The molecule has 1 aliphatic heterocycles. The van der Waals surface area contributed by atoms with Gasteiger partial charge in [-0.1, -0.05) is 92.3 Å². The fourth-order valence-electron chi connectivity index (χ4n) is 5.52. The van der Waals surface area contributed by atoms with Gasteiger partial charge in [0.1, 0.15) is 17.5 Å². The second-order valence-corrected chi connectivity index (χ2v) is 11.9. The highest BCUT2D eigenvalue weighted by molar-refractivity contribution is 5.95. The Balaban J connectivity index is 1.36. The summed E-state index contributed by atoms with van der Waals surface area (Å²) in [6.07, 6.45) is 16.1. The zero-order valence-electron chi connectivity index (χ0n) is 28.3. The number of urea groups is 1. The van der Waals surface area contributed by atoms with Gasteiger partial charge in [-0.2, -0.15) is 0 Å². The molecule has 2 heterocycles. The lowest BCUT2D eigenvalue weighted by Crippen LogP contribution is -2.46. The number of amides is 2. The van der Waals surface area contributed by atoms with E-state index in [0.29, 0.717) is 43.6 Å². The average Bonchev–Trinajstić information content (AvgIpc) is 3.59. The zero-order valence-corrected chi connectivity index (χ0v) is 28.3. The fraction of sp³-hybridized carbons (Fsp3) is 0.472. The minimum absolute atomic E-state index is 0.0232. The summed E-state index contributed by atoms with van der Waals surface area (Å²) >= 11 is 0. The van der Waals surface area contributed by atoms with Gasteiger partial charge in [0.25, 0.3) is 0 Å². The summed E-state index contributed by atoms with van der Waals surface area (Å²) in [6.45, 7) is 5.32. The molecule has 4 rings (SSSR count). The van der Waals surface area contributed by atoms with Crippen molar-refractivity contribution in [1.82, 2.24) is 30.5 Å². The van der Waals surface area contributed by atoms with Crippen molar-refractivity contribution >= 4 is 18.0 Å². The van der Waals surface area contributed by atoms with E-state index in [-0.39, 0.29) is 12.0 Å². The van der Waals surface area contributed by atoms with E-state index in [9.17, 15) is 4.79 Å². The van der Waals surface area contributed by atoms with E-state index in [2.05, 4.69) is 25.9 Å². The number of fused-ring (bicyclic) bond motifs is 1. The molecule has 258 valence electrons. The number of ether oxygens (including phenoxy) is 1. The van der Waals surface area contributed by atoms with Gasteiger partial charge >= 0.3 is 6.03 Å². The number of rotatable bonds is 13. The van der Waals surface area contributed by atoms with Crippen LogP contribution in [-0.4, -0.2) is 70.6 Å². The van der Waals surface area contributed by atoms with Gasteiger partial charge in [0, 0.05) is 25.2 Å². The molecule has 1 aliphatic rings. The SMILES string of the molecule is CC=CCN=C(N)NCCCCCCCCN1CCCCCCOc2ccccc2C(c2cn(-c3ccccc3)nn2)N=C(N)NC1=O. The smallest absolute Gasteiger partial charge is 0.324 e. The molecular weight excluding hydrogens is 604 g/mol. The molecule has 2 amide bonds. The first-order valence-electron chi connectivity index (χ1n) is 17.3. The van der Waals surface area contributed by atoms with Gasteiger partial charge in [-0.05, 0) is 50.8 Å². The van der Waals surface area contributed by atoms with E-state index in [0.717, 1.165) is 82.0 Å². The number of para-hydroxylation sites is 2. The molecule has 12 heteroatoms. The van der Waals surface area contributed by atoms with Crippen LogP contribution in [-0.2, 0) is 0 Å². The van der Waals surface area contributed by atoms with Crippen LogP contribution in [0.1, 0.15) is 88.4 Å². The molecule has 0 spiro atoms. The number of benzene rings is 2. The molecule has 0 saturated heterocycles. The molecule has 0 fully saturated rings. The highest BCUT2D eigenvalue weighted by atomic mass is 16.5. The van der Waals surface area contributed by atoms with Crippen molar-refractivity contribution in [2.45, 2.75) is 77.2 Å². The molecule has 0 saturated carbocycles. The standard InChI is InChI=1S/C36H52N10O2/c1-2-3-23-39-34(37)40-24-15-6-4-5-7-16-25-45-26-17-8-9-18-27-48-32-22-14-13-21-30(32)33(41-35(38)42-36(45)47)31-28-46(44-43-31)29-19-11-10-12-20-29/h2-3,10-14,19-22,28,33H,4-9,15-18,23-27H2,1H3,(H3,37,39,40)(H3,38,41,42,47). The molecule has 0 bridgehead atoms. The second-order valence-electron chi connectivity index (χ2n) is 11.9. The number of carbonyl (C=O) groups is 1. The molecule has 3 aromatic rings. The topological polar surface area (TPSA) is 161 Å². The third-order valence-electron chi connectivity index (χ3n) is 8.16. The number of aromatic nitrogens is 3. The van der Waals surface area contributed by atoms with E-state index >= 15 is 0 Å². The lowest BCUT2D eigenvalue weighted by Gasteiger charge is -2.23. The maximum absolute atomic E-state index is 13.5. The van der Waals surface area contributed by atoms with Crippen LogP contribution in [0.2, 0.25) is 0 Å². The first-order chi connectivity index (χ1) is 23.5. The van der Waals surface area contributed by atoms with E-state index in [4.69, 9.17) is 21.2 Å². The van der Waals surface area contributed by atoms with Crippen LogP contribution in [0.4, 0.5) is 4.79 Å². The Morgan fingerprint density at radius 2 is 1.77 bits per heavy atom. The van der Waals surface area contributed by atoms with Gasteiger partial charge in [0.15, 0.2) is 11.9 Å². The van der Waals surface area contributed by atoms with E-state index in [1.807, 2.05) is 84.8 Å². The number of nitrogens with two attached hydrogens (primary N) is 2. The highest BCUT2D eigenvalue weighted by Crippen LogP contribution is 2.32. The number of unbranched alkanes of at least 4 members (excludes halogenated alkanes) is 5. The quantitative estimate of drug-likeness (QED) is 0.0823. The van der Waals surface area contributed by atoms with Gasteiger partial charge in [-0.15, -0.1) is 5.10 Å². The van der Waals surface area contributed by atoms with Crippen molar-refractivity contribution in [3.63, 3.8) is 0 Å². The predicted molar refractivity (Wildman–Crippen MR) is 192 cm³/mol. The summed E-state index contributed by atoms with van der Waals surface area (Å²) in [5.41, 5.74) is 14.6. The zero-order chi connectivity index (χ0) is 33.8. The Bertz CT molecular complexity index is 1470. The minimum atomic E-state index is -0.630. The molecule has 6 N–H and O–H groups in total. The molecule has 2 aromatic carbocycles. The number of allylic oxidation sites excluding steroid dienone is 1. The van der Waals surface area contributed by atoms with Gasteiger partial charge in [0.05, 0.1) is 25.0 Å². The predicted octanol–water partition coefficient (Wildman–Crippen LogP) is 5.46. The van der Waals surface area contributed by atoms with Crippen LogP contribution < -0.4 is 26.8 Å². The molecule has 0 aliphatic carbocycles. The molecular formula is C36H52N10O2. The maximum atomic E-state index is 13.5. The molecule has 0 radical (unpaired) electrons. The van der Waals surface area contributed by atoms with Crippen LogP contribution in [0.5, 0.6) is 5.75 Å². The number of guanidine groups is 2. The van der Waals surface area contributed by atoms with E-state index in [1.54, 1.807) is 4.68 Å². The molecule has 1 atom stereocenters. The van der Waals surface area contributed by atoms with Crippen LogP contribution in [0.15, 0.2) is 82.9 Å². The van der Waals surface area contributed by atoms with Gasteiger partial charge in [0.2, 0.25) is 0 Å². The highest BCUT2D eigenvalue weighted by Gasteiger charge is 2.23. The van der Waals surface area contributed by atoms with E-state index < -0.39 is 6.04 Å². The van der Waals surface area contributed by atoms with Crippen LogP contribution in [0, 0.1) is 0 Å². The molecule has 12 nitrogen and oxygen atoms in total. The van der Waals surface area contributed by atoms with Crippen molar-refractivity contribution in [3.8, 4) is 11.4 Å². The van der Waals surface area contributed by atoms with Crippen molar-refractivity contribution in [1.29, 1.82) is 0 Å². The van der Waals surface area contributed by atoms with Crippen LogP contribution in [0.25, 0.3) is 5.69 Å². The molecule has 1 aromatic heterocycles. The van der Waals surface area contributed by atoms with Crippen molar-refractivity contribution in [2.24, 2.45) is 21.5 Å². The van der Waals surface area contributed by atoms with Crippen LogP contribution in [0.3, 0.4) is 0 Å². The van der Waals surface area contributed by atoms with E-state index in [1.165, 1.54) is 0 Å². The Labute approximate surface area is 284 Å². The summed E-state index contributed by atoms with van der Waals surface area (Å²) in [7, 11) is 0. The number of aliphatic imine (C=N–C) groups is 2. The third-order valence-corrected chi connectivity index (χ3v) is 8.16. The van der Waals surface area contributed by atoms with Crippen molar-refractivity contribution in [3.05, 3.63) is 84.2 Å². The summed E-state index contributed by atoms with van der Waals surface area (Å²) in [5.74, 6) is 1.23. The molecule has 48 heavy (non-hydrogen) atoms. The first-order valence-corrected chi connectivity index (χ1v) is 17.3. The Kier molecular flexibility index (Phi) is 15.3. The number of nitrogens with one attached hydrogen (secondary N) is 2. The number of hydrogen-bond donors (Lipinski definition) is 4.